The summed E-state index contributed by atoms with van der Waals surface area (Å²) < 4.78 is 11.8. The lowest BCUT2D eigenvalue weighted by Gasteiger charge is -2.17. The summed E-state index contributed by atoms with van der Waals surface area (Å²) in [7, 11) is 1.71. The second kappa shape index (κ2) is 13.7. The van der Waals surface area contributed by atoms with Gasteiger partial charge in [0.15, 0.2) is 28.9 Å². The molecular formula is C32H40N12O6. The molecule has 5 aromatic rings. The Morgan fingerprint density at radius 2 is 1.70 bits per heavy atom. The van der Waals surface area contributed by atoms with E-state index in [9.17, 15) is 24.3 Å². The van der Waals surface area contributed by atoms with Crippen LogP contribution in [0.4, 0.5) is 23.1 Å². The topological polar surface area (TPSA) is 231 Å². The van der Waals surface area contributed by atoms with Crippen LogP contribution in [0.2, 0.25) is 0 Å². The predicted molar refractivity (Wildman–Crippen MR) is 185 cm³/mol. The second-order valence-corrected chi connectivity index (χ2v) is 12.0. The summed E-state index contributed by atoms with van der Waals surface area (Å²) in [4.78, 5) is 68.8. The first kappa shape index (κ1) is 34.3. The minimum Gasteiger partial charge on any atom is -0.388 e. The third kappa shape index (κ3) is 6.07. The second-order valence-electron chi connectivity index (χ2n) is 12.0. The average Bonchev–Trinajstić information content (AvgIpc) is 3.75. The molecule has 5 heterocycles. The number of aryl methyl sites for hydroxylation is 3. The van der Waals surface area contributed by atoms with E-state index in [1.54, 1.807) is 56.7 Å². The summed E-state index contributed by atoms with van der Waals surface area (Å²) in [5.74, 6) is -0.253. The highest BCUT2D eigenvalue weighted by Gasteiger charge is 2.46. The Labute approximate surface area is 285 Å². The number of ether oxygens (including phenoxy) is 1. The van der Waals surface area contributed by atoms with Crippen molar-refractivity contribution in [3.8, 4) is 0 Å². The largest absolute Gasteiger partial charge is 0.388 e. The highest BCUT2D eigenvalue weighted by Crippen LogP contribution is 2.36. The number of aromatic nitrogens is 8. The van der Waals surface area contributed by atoms with Crippen molar-refractivity contribution in [2.45, 2.75) is 72.1 Å². The van der Waals surface area contributed by atoms with E-state index in [4.69, 9.17) is 10.5 Å². The molecule has 1 aliphatic rings. The molecule has 50 heavy (non-hydrogen) atoms. The number of carbonyl (C=O) groups excluding carboxylic acids is 2. The number of likely N-dealkylation sites (N-methyl/N-ethyl adjacent to an activating group) is 1. The van der Waals surface area contributed by atoms with E-state index in [1.807, 2.05) is 6.92 Å². The van der Waals surface area contributed by atoms with E-state index in [0.717, 1.165) is 0 Å². The molecule has 1 aromatic carbocycles. The van der Waals surface area contributed by atoms with E-state index in [1.165, 1.54) is 20.0 Å². The van der Waals surface area contributed by atoms with Crippen molar-refractivity contribution in [1.29, 1.82) is 0 Å². The lowest BCUT2D eigenvalue weighted by atomic mass is 10.00. The number of anilines is 4. The van der Waals surface area contributed by atoms with Crippen LogP contribution in [0.15, 0.2) is 40.2 Å². The van der Waals surface area contributed by atoms with Gasteiger partial charge in [-0.2, -0.15) is 9.97 Å². The molecule has 0 radical (unpaired) electrons. The van der Waals surface area contributed by atoms with Gasteiger partial charge in [-0.25, -0.2) is 14.8 Å². The van der Waals surface area contributed by atoms with Crippen LogP contribution in [-0.2, 0) is 40.9 Å². The van der Waals surface area contributed by atoms with Crippen molar-refractivity contribution in [1.82, 2.24) is 43.5 Å². The molecule has 1 aliphatic heterocycles. The maximum absolute atomic E-state index is 13.0. The normalized spacial score (nSPS) is 18.9. The number of aliphatic hydroxyl groups is 1. The number of hydrogen-bond donors (Lipinski definition) is 5. The fourth-order valence-electron chi connectivity index (χ4n) is 6.19. The number of fused-ring (bicyclic) bond motifs is 2. The zero-order chi connectivity index (χ0) is 35.9. The van der Waals surface area contributed by atoms with Crippen molar-refractivity contribution < 1.29 is 19.4 Å². The third-order valence-corrected chi connectivity index (χ3v) is 8.89. The zero-order valence-electron chi connectivity index (χ0n) is 28.4. The Hall–Kier alpha value is -5.62. The minimum absolute atomic E-state index is 0.0957. The van der Waals surface area contributed by atoms with Gasteiger partial charge in [-0.15, -0.1) is 0 Å². The molecule has 18 heteroatoms. The first-order chi connectivity index (χ1) is 24.0. The number of nitrogens with two attached hydrogens (primary N) is 1. The van der Waals surface area contributed by atoms with Crippen molar-refractivity contribution >= 4 is 57.3 Å². The zero-order valence-corrected chi connectivity index (χ0v) is 28.4. The van der Waals surface area contributed by atoms with Gasteiger partial charge in [0.05, 0.1) is 6.33 Å². The van der Waals surface area contributed by atoms with Gasteiger partial charge < -0.3 is 36.1 Å². The van der Waals surface area contributed by atoms with Crippen molar-refractivity contribution in [3.05, 3.63) is 57.3 Å². The summed E-state index contributed by atoms with van der Waals surface area (Å²) >= 11 is 0. The van der Waals surface area contributed by atoms with Crippen molar-refractivity contribution in [3.63, 3.8) is 0 Å². The van der Waals surface area contributed by atoms with Crippen LogP contribution in [0.1, 0.15) is 46.2 Å². The van der Waals surface area contributed by atoms with E-state index in [-0.39, 0.29) is 43.0 Å². The molecule has 264 valence electrons. The monoisotopic (exact) mass is 688 g/mol. The lowest BCUT2D eigenvalue weighted by molar-refractivity contribution is -0.135. The molecule has 4 aromatic heterocycles. The van der Waals surface area contributed by atoms with Gasteiger partial charge in [-0.3, -0.25) is 28.1 Å². The Bertz CT molecular complexity index is 2200. The number of carbonyl (C=O) groups is 2. The van der Waals surface area contributed by atoms with Crippen LogP contribution in [0.25, 0.3) is 22.3 Å². The molecule has 6 N–H and O–H groups in total. The number of benzene rings is 1. The van der Waals surface area contributed by atoms with Gasteiger partial charge in [-0.1, -0.05) is 6.92 Å². The maximum Gasteiger partial charge on any atom is 0.332 e. The molecule has 0 spiro atoms. The fourth-order valence-corrected chi connectivity index (χ4v) is 6.19. The van der Waals surface area contributed by atoms with Gasteiger partial charge in [0, 0.05) is 56.8 Å². The summed E-state index contributed by atoms with van der Waals surface area (Å²) in [6, 6.07) is 6.88. The number of aliphatic hydroxyl groups excluding tert-OH is 1. The van der Waals surface area contributed by atoms with Crippen LogP contribution < -0.4 is 32.9 Å². The van der Waals surface area contributed by atoms with E-state index in [0.29, 0.717) is 52.6 Å². The Morgan fingerprint density at radius 1 is 1.00 bits per heavy atom. The first-order valence-electron chi connectivity index (χ1n) is 16.4. The van der Waals surface area contributed by atoms with E-state index < -0.39 is 35.6 Å². The molecule has 0 saturated carbocycles. The summed E-state index contributed by atoms with van der Waals surface area (Å²) in [6.07, 6.45) is -0.970. The fraction of sp³-hybridized carbons (Fsp3) is 0.438. The Kier molecular flexibility index (Phi) is 9.39. The minimum atomic E-state index is -1.00. The highest BCUT2D eigenvalue weighted by atomic mass is 16.5. The molecular weight excluding hydrogens is 648 g/mol. The quantitative estimate of drug-likeness (QED) is 0.131. The first-order valence-corrected chi connectivity index (χ1v) is 16.4. The summed E-state index contributed by atoms with van der Waals surface area (Å²) in [5, 5.41) is 19.6. The third-order valence-electron chi connectivity index (χ3n) is 8.89. The van der Waals surface area contributed by atoms with Crippen LogP contribution in [0, 0.1) is 5.92 Å². The number of hydrogen-bond acceptors (Lipinski definition) is 12. The highest BCUT2D eigenvalue weighted by molar-refractivity contribution is 5.91. The predicted octanol–water partition coefficient (Wildman–Crippen LogP) is 1.00. The van der Waals surface area contributed by atoms with Crippen LogP contribution >= 0.6 is 0 Å². The molecule has 2 amide bonds. The van der Waals surface area contributed by atoms with Crippen LogP contribution in [0.3, 0.4) is 0 Å². The molecule has 4 atom stereocenters. The van der Waals surface area contributed by atoms with Crippen molar-refractivity contribution in [2.75, 3.05) is 22.9 Å². The van der Waals surface area contributed by atoms with Gasteiger partial charge in [-0.05, 0) is 45.0 Å². The number of nitrogens with zero attached hydrogens (tertiary/aromatic N) is 8. The summed E-state index contributed by atoms with van der Waals surface area (Å²) in [6.45, 7) is 8.14. The number of rotatable bonds is 11. The molecule has 1 fully saturated rings. The van der Waals surface area contributed by atoms with Gasteiger partial charge in [0.2, 0.25) is 17.8 Å². The Morgan fingerprint density at radius 3 is 2.38 bits per heavy atom. The maximum atomic E-state index is 13.0. The van der Waals surface area contributed by atoms with Gasteiger partial charge >= 0.3 is 5.69 Å². The smallest absolute Gasteiger partial charge is 0.332 e. The molecule has 1 saturated heterocycles. The van der Waals surface area contributed by atoms with E-state index >= 15 is 0 Å². The number of amides is 2. The molecule has 0 bridgehead atoms. The summed E-state index contributed by atoms with van der Waals surface area (Å²) in [5.41, 5.74) is 7.81. The van der Waals surface area contributed by atoms with Crippen LogP contribution in [0.5, 0.6) is 0 Å². The SMILES string of the molecule is CCNC(=O)[C@@H]1O[C@@H](n2cnc3c(N)nc(Nc4ccc(NC(=O)CCc5nc6c(c(=O)n(CC)c(=O)n6CC)n5C)cc4)nc32)[C@H](O)[C@@H]1C. The molecule has 6 rings (SSSR count). The average molecular weight is 689 g/mol. The van der Waals surface area contributed by atoms with Crippen LogP contribution in [-0.4, -0.2) is 73.9 Å². The lowest BCUT2D eigenvalue weighted by Crippen LogP contribution is -2.39. The number of nitrogen functional groups attached to an aromatic ring is 1. The van der Waals surface area contributed by atoms with Gasteiger partial charge in [0.1, 0.15) is 23.5 Å². The van der Waals surface area contributed by atoms with Crippen molar-refractivity contribution in [2.24, 2.45) is 13.0 Å². The standard InChI is InChI=1S/C32H40N12O6/c1-6-34-28(47)24-16(4)23(46)30(50-24)44-15-35-21-25(33)39-31(40-26(21)44)37-18-11-9-17(10-12-18)36-20(45)14-13-19-38-27-22(41(19)5)29(48)43(8-3)32(49)42(27)7-2/h9-12,15-16,23-24,30,46H,6-8,13-14H2,1-5H3,(H,34,47)(H,36,45)(H3,33,37,39,40)/t16-,23+,24+,30+/m0/s1. The number of imidazole rings is 2. The van der Waals surface area contributed by atoms with Gasteiger partial charge in [0.25, 0.3) is 5.56 Å². The Balaban J connectivity index is 1.13. The number of nitrogens with one attached hydrogen (secondary N) is 3. The van der Waals surface area contributed by atoms with E-state index in [2.05, 4.69) is 35.9 Å². The molecule has 0 aliphatic carbocycles. The molecule has 0 unspecified atom stereocenters. The molecule has 18 nitrogen and oxygen atoms in total.